The number of carbonyl (C=O) groups excluding carboxylic acids is 1. The Morgan fingerprint density at radius 3 is 2.50 bits per heavy atom. The molecule has 2 N–H and O–H groups in total. The number of aliphatic imine (C=N–C) groups is 1. The molecule has 0 amide bonds. The lowest BCUT2D eigenvalue weighted by Gasteiger charge is -2.35. The van der Waals surface area contributed by atoms with Gasteiger partial charge in [0.05, 0.1) is 23.9 Å². The number of hydrogen-bond acceptors (Lipinski definition) is 7. The SMILES string of the molecule is CCOC(=O)C1=C(c2ccccc2)N=C2SC(C#N)=C(N)N2[C@H]1c1ccc(C(C)C)cc1. The second-order valence-electron chi connectivity index (χ2n) is 7.77. The number of esters is 1. The Balaban J connectivity index is 1.97. The predicted molar refractivity (Wildman–Crippen MR) is 127 cm³/mol. The van der Waals surface area contributed by atoms with Gasteiger partial charge in [-0.25, -0.2) is 9.79 Å². The number of nitrogens with zero attached hydrogens (tertiary/aromatic N) is 3. The zero-order valence-electron chi connectivity index (χ0n) is 18.2. The highest BCUT2D eigenvalue weighted by atomic mass is 32.2. The maximum absolute atomic E-state index is 13.3. The molecule has 0 saturated carbocycles. The van der Waals surface area contributed by atoms with Gasteiger partial charge in [0, 0.05) is 5.56 Å². The highest BCUT2D eigenvalue weighted by molar-refractivity contribution is 8.17. The number of hydrogen-bond donors (Lipinski definition) is 1. The Bertz CT molecular complexity index is 1170. The van der Waals surface area contributed by atoms with Gasteiger partial charge in [-0.1, -0.05) is 68.4 Å². The summed E-state index contributed by atoms with van der Waals surface area (Å²) >= 11 is 1.22. The summed E-state index contributed by atoms with van der Waals surface area (Å²) in [6.45, 7) is 6.28. The fourth-order valence-corrected chi connectivity index (χ4v) is 4.71. The first-order valence-corrected chi connectivity index (χ1v) is 11.3. The van der Waals surface area contributed by atoms with Crippen molar-refractivity contribution >= 4 is 28.6 Å². The number of carbonyl (C=O) groups is 1. The van der Waals surface area contributed by atoms with Crippen LogP contribution in [0.5, 0.6) is 0 Å². The molecule has 0 aromatic heterocycles. The van der Waals surface area contributed by atoms with Gasteiger partial charge in [0.2, 0.25) is 0 Å². The van der Waals surface area contributed by atoms with Crippen LogP contribution in [0.25, 0.3) is 5.70 Å². The minimum atomic E-state index is -0.559. The van der Waals surface area contributed by atoms with E-state index >= 15 is 0 Å². The van der Waals surface area contributed by atoms with Crippen LogP contribution in [0.3, 0.4) is 0 Å². The molecule has 2 heterocycles. The second kappa shape index (κ2) is 8.93. The predicted octanol–water partition coefficient (Wildman–Crippen LogP) is 4.90. The molecule has 2 aliphatic heterocycles. The third-order valence-electron chi connectivity index (χ3n) is 5.45. The van der Waals surface area contributed by atoms with Crippen LogP contribution < -0.4 is 5.73 Å². The number of rotatable bonds is 5. The topological polar surface area (TPSA) is 91.7 Å². The molecular weight excluding hydrogens is 420 g/mol. The number of fused-ring (bicyclic) bond motifs is 1. The first-order chi connectivity index (χ1) is 15.5. The molecule has 0 bridgehead atoms. The van der Waals surface area contributed by atoms with E-state index in [0.717, 1.165) is 11.1 Å². The number of amidine groups is 1. The van der Waals surface area contributed by atoms with Crippen LogP contribution in [0, 0.1) is 11.3 Å². The fraction of sp³-hybridized carbons (Fsp3) is 0.240. The van der Waals surface area contributed by atoms with Crippen molar-refractivity contribution in [2.45, 2.75) is 32.7 Å². The van der Waals surface area contributed by atoms with Crippen LogP contribution in [0.2, 0.25) is 0 Å². The van der Waals surface area contributed by atoms with Gasteiger partial charge >= 0.3 is 5.97 Å². The van der Waals surface area contributed by atoms with Gasteiger partial charge in [0.1, 0.15) is 16.8 Å². The highest BCUT2D eigenvalue weighted by Gasteiger charge is 2.43. The molecule has 2 aliphatic rings. The molecule has 0 saturated heterocycles. The van der Waals surface area contributed by atoms with Crippen LogP contribution in [-0.2, 0) is 9.53 Å². The molecule has 0 fully saturated rings. The molecule has 2 aromatic rings. The van der Waals surface area contributed by atoms with Gasteiger partial charge in [-0.3, -0.25) is 4.90 Å². The molecular formula is C25H24N4O2S. The zero-order valence-corrected chi connectivity index (χ0v) is 19.0. The maximum Gasteiger partial charge on any atom is 0.338 e. The molecule has 32 heavy (non-hydrogen) atoms. The molecule has 7 heteroatoms. The van der Waals surface area contributed by atoms with Gasteiger partial charge in [-0.15, -0.1) is 0 Å². The Morgan fingerprint density at radius 1 is 1.22 bits per heavy atom. The van der Waals surface area contributed by atoms with Crippen LogP contribution in [-0.4, -0.2) is 22.6 Å². The van der Waals surface area contributed by atoms with Crippen LogP contribution in [0.4, 0.5) is 0 Å². The number of allylic oxidation sites excluding steroid dienone is 1. The average Bonchev–Trinajstić information content (AvgIpc) is 3.14. The van der Waals surface area contributed by atoms with Crippen LogP contribution in [0.1, 0.15) is 49.4 Å². The van der Waals surface area contributed by atoms with Crippen LogP contribution >= 0.6 is 11.8 Å². The quantitative estimate of drug-likeness (QED) is 0.660. The first-order valence-electron chi connectivity index (χ1n) is 10.5. The van der Waals surface area contributed by atoms with E-state index in [1.54, 1.807) is 11.8 Å². The van der Waals surface area contributed by atoms with E-state index in [2.05, 4.69) is 32.0 Å². The molecule has 0 aliphatic carbocycles. The minimum absolute atomic E-state index is 0.240. The Hall–Kier alpha value is -3.50. The van der Waals surface area contributed by atoms with Gasteiger partial charge < -0.3 is 10.5 Å². The maximum atomic E-state index is 13.3. The van der Waals surface area contributed by atoms with Crippen molar-refractivity contribution in [3.05, 3.63) is 87.6 Å². The molecule has 162 valence electrons. The molecule has 0 radical (unpaired) electrons. The van der Waals surface area contributed by atoms with Crippen molar-refractivity contribution in [2.24, 2.45) is 10.7 Å². The molecule has 1 atom stereocenters. The van der Waals surface area contributed by atoms with E-state index < -0.39 is 12.0 Å². The van der Waals surface area contributed by atoms with Crippen LogP contribution in [0.15, 0.2) is 75.9 Å². The fourth-order valence-electron chi connectivity index (χ4n) is 3.84. The summed E-state index contributed by atoms with van der Waals surface area (Å²) in [6.07, 6.45) is 0. The lowest BCUT2D eigenvalue weighted by molar-refractivity contribution is -0.139. The Morgan fingerprint density at radius 2 is 1.91 bits per heavy atom. The van der Waals surface area contributed by atoms with Crippen molar-refractivity contribution in [2.75, 3.05) is 6.61 Å². The number of benzene rings is 2. The smallest absolute Gasteiger partial charge is 0.338 e. The number of nitriles is 1. The normalized spacial score (nSPS) is 17.9. The second-order valence-corrected chi connectivity index (χ2v) is 8.74. The third kappa shape index (κ3) is 3.78. The Labute approximate surface area is 192 Å². The van der Waals surface area contributed by atoms with Crippen molar-refractivity contribution < 1.29 is 9.53 Å². The Kier molecular flexibility index (Phi) is 6.06. The lowest BCUT2D eigenvalue weighted by Crippen LogP contribution is -2.38. The molecule has 4 rings (SSSR count). The summed E-state index contributed by atoms with van der Waals surface area (Å²) in [5.74, 6) is 0.225. The monoisotopic (exact) mass is 444 g/mol. The standard InChI is InChI=1S/C25H24N4O2S/c1-4-31-24(30)20-21(17-8-6-5-7-9-17)28-25-29(23(27)19(14-26)32-25)22(20)18-12-10-16(11-13-18)15(2)3/h5-13,15,22H,4,27H2,1-3H3/t22-/m0/s1. The van der Waals surface area contributed by atoms with E-state index in [9.17, 15) is 10.1 Å². The summed E-state index contributed by atoms with van der Waals surface area (Å²) in [5, 5.41) is 10.2. The summed E-state index contributed by atoms with van der Waals surface area (Å²) < 4.78 is 5.46. The minimum Gasteiger partial charge on any atom is -0.463 e. The van der Waals surface area contributed by atoms with Gasteiger partial charge in [0.25, 0.3) is 0 Å². The first kappa shape index (κ1) is 21.7. The highest BCUT2D eigenvalue weighted by Crippen LogP contribution is 2.47. The summed E-state index contributed by atoms with van der Waals surface area (Å²) in [4.78, 5) is 20.2. The third-order valence-corrected chi connectivity index (χ3v) is 6.42. The largest absolute Gasteiger partial charge is 0.463 e. The van der Waals surface area contributed by atoms with E-state index in [4.69, 9.17) is 15.5 Å². The molecule has 6 nitrogen and oxygen atoms in total. The van der Waals surface area contributed by atoms with E-state index in [1.165, 1.54) is 17.3 Å². The average molecular weight is 445 g/mol. The van der Waals surface area contributed by atoms with Crippen molar-refractivity contribution in [1.82, 2.24) is 4.90 Å². The molecule has 2 aromatic carbocycles. The van der Waals surface area contributed by atoms with Crippen molar-refractivity contribution in [1.29, 1.82) is 5.26 Å². The summed E-state index contributed by atoms with van der Waals surface area (Å²) in [5.41, 5.74) is 10.2. The number of thioether (sulfide) groups is 1. The van der Waals surface area contributed by atoms with Gasteiger partial charge in [0.15, 0.2) is 5.17 Å². The van der Waals surface area contributed by atoms with Gasteiger partial charge in [-0.05, 0) is 35.7 Å². The van der Waals surface area contributed by atoms with E-state index in [-0.39, 0.29) is 6.61 Å². The van der Waals surface area contributed by atoms with E-state index in [1.807, 2.05) is 42.5 Å². The lowest BCUT2D eigenvalue weighted by atomic mass is 9.90. The zero-order chi connectivity index (χ0) is 22.8. The van der Waals surface area contributed by atoms with Crippen molar-refractivity contribution in [3.8, 4) is 6.07 Å². The van der Waals surface area contributed by atoms with Crippen molar-refractivity contribution in [3.63, 3.8) is 0 Å². The summed E-state index contributed by atoms with van der Waals surface area (Å²) in [6, 6.07) is 19.3. The molecule has 0 spiro atoms. The van der Waals surface area contributed by atoms with E-state index in [0.29, 0.717) is 33.1 Å². The number of nitrogens with two attached hydrogens (primary N) is 1. The molecule has 0 unspecified atom stereocenters. The van der Waals surface area contributed by atoms with Gasteiger partial charge in [-0.2, -0.15) is 5.26 Å². The number of ether oxygens (including phenoxy) is 1. The summed E-state index contributed by atoms with van der Waals surface area (Å²) in [7, 11) is 0.